The van der Waals surface area contributed by atoms with Crippen LogP contribution >= 0.6 is 12.2 Å². The summed E-state index contributed by atoms with van der Waals surface area (Å²) < 4.78 is 26.0. The van der Waals surface area contributed by atoms with Crippen molar-refractivity contribution in [1.82, 2.24) is 14.8 Å². The van der Waals surface area contributed by atoms with E-state index in [2.05, 4.69) is 10.2 Å². The molecule has 1 fully saturated rings. The zero-order chi connectivity index (χ0) is 21.6. The maximum atomic E-state index is 12.8. The molecule has 0 bridgehead atoms. The Labute approximate surface area is 179 Å². The smallest absolute Gasteiger partial charge is 0.238 e. The van der Waals surface area contributed by atoms with Gasteiger partial charge in [-0.3, -0.25) is 14.5 Å². The van der Waals surface area contributed by atoms with Gasteiger partial charge in [-0.25, -0.2) is 13.6 Å². The third kappa shape index (κ3) is 3.57. The van der Waals surface area contributed by atoms with Crippen molar-refractivity contribution in [3.05, 3.63) is 64.2 Å². The quantitative estimate of drug-likeness (QED) is 0.602. The molecule has 0 aliphatic carbocycles. The Morgan fingerprint density at radius 2 is 1.77 bits per heavy atom. The molecular formula is C20H21N5O3S2. The summed E-state index contributed by atoms with van der Waals surface area (Å²) in [5.41, 5.74) is 2.54. The van der Waals surface area contributed by atoms with Crippen LogP contribution in [-0.2, 0) is 14.8 Å². The Kier molecular flexibility index (Phi) is 5.08. The highest BCUT2D eigenvalue weighted by atomic mass is 32.2. The maximum Gasteiger partial charge on any atom is 0.238 e. The molecule has 0 spiro atoms. The van der Waals surface area contributed by atoms with Crippen molar-refractivity contribution in [3.63, 3.8) is 0 Å². The number of carbonyl (C=O) groups excluding carboxylic acids is 1. The van der Waals surface area contributed by atoms with E-state index >= 15 is 0 Å². The van der Waals surface area contributed by atoms with Gasteiger partial charge in [-0.1, -0.05) is 18.2 Å². The number of para-hydroxylation sites is 1. The van der Waals surface area contributed by atoms with Crippen molar-refractivity contribution in [2.75, 3.05) is 11.4 Å². The summed E-state index contributed by atoms with van der Waals surface area (Å²) in [5, 5.41) is 12.5. The summed E-state index contributed by atoms with van der Waals surface area (Å²) in [7, 11) is -3.84. The van der Waals surface area contributed by atoms with E-state index in [1.165, 1.54) is 0 Å². The maximum absolute atomic E-state index is 12.8. The van der Waals surface area contributed by atoms with Crippen LogP contribution in [-0.4, -0.2) is 35.6 Å². The molecular weight excluding hydrogens is 422 g/mol. The third-order valence-electron chi connectivity index (χ3n) is 5.24. The molecule has 1 aliphatic heterocycles. The molecule has 2 heterocycles. The van der Waals surface area contributed by atoms with E-state index in [0.717, 1.165) is 5.69 Å². The lowest BCUT2D eigenvalue weighted by Gasteiger charge is -2.20. The van der Waals surface area contributed by atoms with Crippen LogP contribution in [0.2, 0.25) is 0 Å². The van der Waals surface area contributed by atoms with E-state index < -0.39 is 10.0 Å². The second-order valence-electron chi connectivity index (χ2n) is 7.42. The molecule has 4 rings (SSSR count). The molecule has 1 amide bonds. The molecule has 3 N–H and O–H groups in total. The molecule has 30 heavy (non-hydrogen) atoms. The van der Waals surface area contributed by atoms with Gasteiger partial charge in [0.1, 0.15) is 5.82 Å². The molecule has 1 saturated heterocycles. The van der Waals surface area contributed by atoms with Gasteiger partial charge in [0.05, 0.1) is 4.90 Å². The number of nitrogens with one attached hydrogen (secondary N) is 1. The Balaban J connectivity index is 1.70. The van der Waals surface area contributed by atoms with E-state index in [1.807, 2.05) is 34.9 Å². The fraction of sp³-hybridized carbons (Fsp3) is 0.250. The van der Waals surface area contributed by atoms with Gasteiger partial charge in [-0.15, -0.1) is 0 Å². The molecule has 3 aromatic rings. The molecule has 1 aromatic heterocycles. The fourth-order valence-corrected chi connectivity index (χ4v) is 5.33. The highest BCUT2D eigenvalue weighted by Crippen LogP contribution is 2.34. The molecule has 156 valence electrons. The molecule has 1 atom stereocenters. The number of rotatable bonds is 4. The van der Waals surface area contributed by atoms with Crippen LogP contribution in [0.5, 0.6) is 0 Å². The van der Waals surface area contributed by atoms with Gasteiger partial charge in [0.2, 0.25) is 15.9 Å². The van der Waals surface area contributed by atoms with Gasteiger partial charge in [-0.05, 0) is 61.5 Å². The highest BCUT2D eigenvalue weighted by Gasteiger charge is 2.35. The van der Waals surface area contributed by atoms with E-state index in [1.54, 1.807) is 30.9 Å². The Bertz CT molecular complexity index is 1270. The molecule has 1 aliphatic rings. The van der Waals surface area contributed by atoms with Gasteiger partial charge in [0.15, 0.2) is 4.77 Å². The topological polar surface area (TPSA) is 114 Å². The van der Waals surface area contributed by atoms with Crippen molar-refractivity contribution in [2.45, 2.75) is 31.1 Å². The average molecular weight is 444 g/mol. The van der Waals surface area contributed by atoms with Crippen LogP contribution in [0.3, 0.4) is 0 Å². The van der Waals surface area contributed by atoms with Gasteiger partial charge in [-0.2, -0.15) is 5.10 Å². The number of nitrogens with two attached hydrogens (primary N) is 1. The number of benzene rings is 2. The zero-order valence-electron chi connectivity index (χ0n) is 16.5. The molecule has 0 saturated carbocycles. The van der Waals surface area contributed by atoms with Crippen molar-refractivity contribution in [3.8, 4) is 5.69 Å². The number of aryl methyl sites for hydroxylation is 2. The number of hydrogen-bond acceptors (Lipinski definition) is 5. The highest BCUT2D eigenvalue weighted by molar-refractivity contribution is 7.89. The zero-order valence-corrected chi connectivity index (χ0v) is 18.1. The first kappa shape index (κ1) is 20.5. The number of carbonyl (C=O) groups is 1. The largest absolute Gasteiger partial charge is 0.312 e. The van der Waals surface area contributed by atoms with Crippen LogP contribution in [0.15, 0.2) is 47.4 Å². The lowest BCUT2D eigenvalue weighted by Crippen LogP contribution is -2.25. The lowest BCUT2D eigenvalue weighted by atomic mass is 10.1. The van der Waals surface area contributed by atoms with Crippen LogP contribution in [0, 0.1) is 18.6 Å². The van der Waals surface area contributed by atoms with Crippen LogP contribution in [0.1, 0.15) is 29.3 Å². The molecule has 10 heteroatoms. The van der Waals surface area contributed by atoms with Crippen LogP contribution < -0.4 is 10.0 Å². The third-order valence-corrected chi connectivity index (χ3v) is 6.73. The minimum atomic E-state index is -3.84. The number of aromatic nitrogens is 3. The SMILES string of the molecule is Cc1cc(N2CC(c3n[nH]c(=S)n3-c3ccccc3)CC2=O)cc(C)c1S(N)(=O)=O. The number of aromatic amines is 1. The van der Waals surface area contributed by atoms with Gasteiger partial charge in [0.25, 0.3) is 0 Å². The van der Waals surface area contributed by atoms with Crippen molar-refractivity contribution in [1.29, 1.82) is 0 Å². The number of H-pyrrole nitrogens is 1. The first-order valence-corrected chi connectivity index (χ1v) is 11.3. The number of primary sulfonamides is 1. The lowest BCUT2D eigenvalue weighted by molar-refractivity contribution is -0.117. The predicted molar refractivity (Wildman–Crippen MR) is 116 cm³/mol. The second kappa shape index (κ2) is 7.46. The molecule has 1 unspecified atom stereocenters. The van der Waals surface area contributed by atoms with Gasteiger partial charge < -0.3 is 4.90 Å². The molecule has 2 aromatic carbocycles. The number of hydrogen-bond donors (Lipinski definition) is 2. The summed E-state index contributed by atoms with van der Waals surface area (Å²) in [5.74, 6) is 0.469. The van der Waals surface area contributed by atoms with Crippen molar-refractivity contribution in [2.24, 2.45) is 5.14 Å². The monoisotopic (exact) mass is 443 g/mol. The summed E-state index contributed by atoms with van der Waals surface area (Å²) in [6, 6.07) is 13.0. The fourth-order valence-electron chi connectivity index (χ4n) is 4.07. The van der Waals surface area contributed by atoms with Gasteiger partial charge >= 0.3 is 0 Å². The molecule has 8 nitrogen and oxygen atoms in total. The van der Waals surface area contributed by atoms with E-state index in [4.69, 9.17) is 17.4 Å². The normalized spacial score (nSPS) is 17.0. The van der Waals surface area contributed by atoms with E-state index in [9.17, 15) is 13.2 Å². The number of nitrogens with zero attached hydrogens (tertiary/aromatic N) is 3. The first-order chi connectivity index (χ1) is 14.2. The van der Waals surface area contributed by atoms with Crippen molar-refractivity contribution < 1.29 is 13.2 Å². The standard InChI is InChI=1S/C20H21N5O3S2/c1-12-8-16(9-13(2)18(12)30(21,27)28)24-11-14(10-17(24)26)19-22-23-20(29)25(19)15-6-4-3-5-7-15/h3-9,14H,10-11H2,1-2H3,(H,23,29)(H2,21,27,28). The average Bonchev–Trinajstić information content (AvgIpc) is 3.23. The van der Waals surface area contributed by atoms with Gasteiger partial charge in [0, 0.05) is 30.3 Å². The summed E-state index contributed by atoms with van der Waals surface area (Å²) in [4.78, 5) is 14.6. The first-order valence-electron chi connectivity index (χ1n) is 9.34. The van der Waals surface area contributed by atoms with E-state index in [-0.39, 0.29) is 23.1 Å². The number of sulfonamides is 1. The number of amides is 1. The van der Waals surface area contributed by atoms with E-state index in [0.29, 0.717) is 34.0 Å². The predicted octanol–water partition coefficient (Wildman–Crippen LogP) is 2.71. The summed E-state index contributed by atoms with van der Waals surface area (Å²) in [6.07, 6.45) is 0.279. The van der Waals surface area contributed by atoms with Crippen LogP contribution in [0.4, 0.5) is 5.69 Å². The summed E-state index contributed by atoms with van der Waals surface area (Å²) >= 11 is 5.40. The van der Waals surface area contributed by atoms with Crippen LogP contribution in [0.25, 0.3) is 5.69 Å². The minimum absolute atomic E-state index is 0.0596. The summed E-state index contributed by atoms with van der Waals surface area (Å²) in [6.45, 7) is 3.77. The van der Waals surface area contributed by atoms with Crippen molar-refractivity contribution >= 4 is 33.8 Å². The minimum Gasteiger partial charge on any atom is -0.312 e. The number of anilines is 1. The Morgan fingerprint density at radius 3 is 2.37 bits per heavy atom. The Hall–Kier alpha value is -2.82. The second-order valence-corrected chi connectivity index (χ2v) is 9.30. The Morgan fingerprint density at radius 1 is 1.13 bits per heavy atom. The molecule has 0 radical (unpaired) electrons.